The first-order valence-corrected chi connectivity index (χ1v) is 26.7. The monoisotopic (exact) mass is 1100 g/mol. The molecule has 25 heteroatoms. The Kier molecular flexibility index (Phi) is 20.4. The highest BCUT2D eigenvalue weighted by Crippen LogP contribution is 2.27. The third kappa shape index (κ3) is 14.7. The summed E-state index contributed by atoms with van der Waals surface area (Å²) in [5.41, 5.74) is 4.27. The zero-order valence-corrected chi connectivity index (χ0v) is 46.1. The number of amides is 6. The second-order valence-corrected chi connectivity index (χ2v) is 19.6. The molecule has 0 spiro atoms. The molecule has 0 bridgehead atoms. The van der Waals surface area contributed by atoms with Gasteiger partial charge in [-0.15, -0.1) is 0 Å². The van der Waals surface area contributed by atoms with Crippen molar-refractivity contribution < 1.29 is 47.7 Å². The molecule has 6 aromatic heterocycles. The molecule has 426 valence electrons. The summed E-state index contributed by atoms with van der Waals surface area (Å²) in [7, 11) is 1.58. The SMILES string of the molecule is C=CC(=O)N1CCC[C@@H](Oc2cnc3[nH]cc(C(=O)N[C@@H](C)COC)c3n2)C1.C=CC(=O)N1CC[C@@H](Oc2cnc3[nH]cc(C(=O)NCC)c3n2)[C@H](C)C1.C=CC(=O)N1CC[C@@H](Oc2cnc3[nH]cc(C(=O)NCC)c3n2)[C@H](C)C1. The van der Waals surface area contributed by atoms with Gasteiger partial charge in [0.2, 0.25) is 35.4 Å². The van der Waals surface area contributed by atoms with Crippen LogP contribution in [0.1, 0.15) is 91.4 Å². The van der Waals surface area contributed by atoms with Crippen LogP contribution in [0.2, 0.25) is 0 Å². The minimum Gasteiger partial charge on any atom is -0.473 e. The average Bonchev–Trinajstić information content (AvgIpc) is 4.25. The van der Waals surface area contributed by atoms with Crippen LogP contribution in [0, 0.1) is 11.8 Å². The van der Waals surface area contributed by atoms with Crippen molar-refractivity contribution in [3.63, 3.8) is 0 Å². The molecular weight excluding hydrogens is 1030 g/mol. The fraction of sp³-hybridized carbons (Fsp3) is 0.455. The number of H-pyrrole nitrogens is 3. The molecule has 0 unspecified atom stereocenters. The van der Waals surface area contributed by atoms with Gasteiger partial charge in [0.05, 0.1) is 48.4 Å². The molecule has 0 aromatic carbocycles. The summed E-state index contributed by atoms with van der Waals surface area (Å²) in [4.78, 5) is 112. The van der Waals surface area contributed by atoms with E-state index in [0.717, 1.165) is 12.8 Å². The highest BCUT2D eigenvalue weighted by Gasteiger charge is 2.32. The summed E-state index contributed by atoms with van der Waals surface area (Å²) >= 11 is 0. The fourth-order valence-corrected chi connectivity index (χ4v) is 9.52. The van der Waals surface area contributed by atoms with Gasteiger partial charge in [0.1, 0.15) is 34.9 Å². The predicted molar refractivity (Wildman–Crippen MR) is 297 cm³/mol. The minimum atomic E-state index is -0.261. The van der Waals surface area contributed by atoms with Crippen LogP contribution in [0.3, 0.4) is 0 Å². The maximum atomic E-state index is 12.5. The zero-order chi connectivity index (χ0) is 57.5. The largest absolute Gasteiger partial charge is 0.473 e. The number of nitrogens with one attached hydrogen (secondary N) is 6. The van der Waals surface area contributed by atoms with Gasteiger partial charge in [0.25, 0.3) is 17.7 Å². The maximum absolute atomic E-state index is 12.5. The molecule has 3 aliphatic heterocycles. The van der Waals surface area contributed by atoms with E-state index in [-0.39, 0.29) is 71.6 Å². The maximum Gasteiger partial charge on any atom is 0.255 e. The van der Waals surface area contributed by atoms with E-state index in [9.17, 15) is 28.8 Å². The van der Waals surface area contributed by atoms with Gasteiger partial charge in [-0.3, -0.25) is 28.8 Å². The molecule has 9 rings (SSSR count). The number of carbonyl (C=O) groups excluding carboxylic acids is 6. The predicted octanol–water partition coefficient (Wildman–Crippen LogP) is 4.30. The second kappa shape index (κ2) is 27.7. The quantitative estimate of drug-likeness (QED) is 0.0694. The van der Waals surface area contributed by atoms with Crippen LogP contribution < -0.4 is 30.2 Å². The number of nitrogens with zero attached hydrogens (tertiary/aromatic N) is 9. The molecule has 6 amide bonds. The number of carbonyl (C=O) groups is 6. The molecule has 0 saturated carbocycles. The van der Waals surface area contributed by atoms with Gasteiger partial charge in [0, 0.05) is 102 Å². The lowest BCUT2D eigenvalue weighted by Gasteiger charge is -2.36. The van der Waals surface area contributed by atoms with Gasteiger partial charge in [0.15, 0.2) is 16.9 Å². The standard InChI is InChI=1S/C19H25N5O4.2C18H23N5O3/c1-4-16(25)24-7-5-6-13(10-24)28-15-9-21-18-17(23-15)14(8-20-18)19(26)22-12(2)11-27-3;2*1-4-15(24)23-7-6-13(11(3)10-23)26-14-9-21-17-16(22-14)12(8-20-17)18(25)19-5-2/h4,8-9,12-13H,1,5-7,10-11H2,2-3H3,(H,20,21)(H,22,26);2*4,8-9,11,13H,1,5-7,10H2,2-3H3,(H,19,25)(H,20,21)/t12-,13+;2*11-,13-/m011/s1. The number of aromatic amines is 3. The number of hydrogen-bond acceptors (Lipinski definition) is 16. The Labute approximate surface area is 462 Å². The fourth-order valence-electron chi connectivity index (χ4n) is 9.52. The lowest BCUT2D eigenvalue weighted by molar-refractivity contribution is -0.129. The van der Waals surface area contributed by atoms with E-state index in [4.69, 9.17) is 18.9 Å². The Morgan fingerprint density at radius 3 is 1.40 bits per heavy atom. The zero-order valence-electron chi connectivity index (χ0n) is 46.1. The summed E-state index contributed by atoms with van der Waals surface area (Å²) in [6.45, 7) is 25.3. The van der Waals surface area contributed by atoms with Crippen molar-refractivity contribution in [3.8, 4) is 17.6 Å². The summed E-state index contributed by atoms with van der Waals surface area (Å²) in [5.74, 6) is 0.496. The molecule has 6 aromatic rings. The van der Waals surface area contributed by atoms with E-state index >= 15 is 0 Å². The van der Waals surface area contributed by atoms with Crippen LogP contribution in [0.25, 0.3) is 33.5 Å². The first kappa shape index (κ1) is 58.9. The van der Waals surface area contributed by atoms with Gasteiger partial charge in [-0.25, -0.2) is 29.9 Å². The van der Waals surface area contributed by atoms with Crippen LogP contribution in [0.5, 0.6) is 17.6 Å². The number of methoxy groups -OCH3 is 1. The second-order valence-electron chi connectivity index (χ2n) is 19.6. The molecule has 3 aliphatic rings. The van der Waals surface area contributed by atoms with E-state index in [1.165, 1.54) is 24.4 Å². The lowest BCUT2D eigenvalue weighted by Crippen LogP contribution is -2.46. The highest BCUT2D eigenvalue weighted by molar-refractivity contribution is 6.06. The van der Waals surface area contributed by atoms with Crippen molar-refractivity contribution in [1.29, 1.82) is 0 Å². The molecular formula is C55H71N15O10. The summed E-state index contributed by atoms with van der Waals surface area (Å²) in [6, 6.07) is -0.134. The van der Waals surface area contributed by atoms with Crippen LogP contribution in [-0.2, 0) is 19.1 Å². The number of hydrogen-bond donors (Lipinski definition) is 6. The van der Waals surface area contributed by atoms with Crippen LogP contribution in [0.15, 0.2) is 75.1 Å². The number of likely N-dealkylation sites (tertiary alicyclic amines) is 3. The first-order valence-electron chi connectivity index (χ1n) is 26.7. The Bertz CT molecular complexity index is 3050. The topological polar surface area (TPSA) is 310 Å². The molecule has 3 saturated heterocycles. The third-order valence-electron chi connectivity index (χ3n) is 13.6. The number of fused-ring (bicyclic) bond motifs is 3. The van der Waals surface area contributed by atoms with E-state index in [1.807, 2.05) is 34.6 Å². The van der Waals surface area contributed by atoms with Crippen molar-refractivity contribution in [2.24, 2.45) is 11.8 Å². The van der Waals surface area contributed by atoms with E-state index in [0.29, 0.717) is 140 Å². The first-order chi connectivity index (χ1) is 38.6. The number of piperidine rings is 3. The van der Waals surface area contributed by atoms with Crippen molar-refractivity contribution >= 4 is 68.9 Å². The molecule has 6 N–H and O–H groups in total. The Morgan fingerprint density at radius 1 is 0.613 bits per heavy atom. The van der Waals surface area contributed by atoms with E-state index in [2.05, 4.69) is 80.5 Å². The summed E-state index contributed by atoms with van der Waals surface area (Å²) < 4.78 is 23.0. The summed E-state index contributed by atoms with van der Waals surface area (Å²) in [6.07, 6.45) is 16.1. The molecule has 80 heavy (non-hydrogen) atoms. The lowest BCUT2D eigenvalue weighted by atomic mass is 9.96. The molecule has 3 fully saturated rings. The third-order valence-corrected chi connectivity index (χ3v) is 13.6. The molecule has 25 nitrogen and oxygen atoms in total. The number of aromatic nitrogens is 9. The number of ether oxygens (including phenoxy) is 4. The van der Waals surface area contributed by atoms with Crippen LogP contribution in [0.4, 0.5) is 0 Å². The average molecular weight is 1100 g/mol. The molecule has 0 radical (unpaired) electrons. The highest BCUT2D eigenvalue weighted by atomic mass is 16.5. The van der Waals surface area contributed by atoms with Crippen LogP contribution >= 0.6 is 0 Å². The minimum absolute atomic E-state index is 0.0598. The van der Waals surface area contributed by atoms with Gasteiger partial charge in [-0.1, -0.05) is 33.6 Å². The molecule has 6 atom stereocenters. The Hall–Kier alpha value is -8.74. The van der Waals surface area contributed by atoms with Crippen molar-refractivity contribution in [2.45, 2.75) is 84.7 Å². The molecule has 0 aliphatic carbocycles. The number of rotatable bonds is 17. The Morgan fingerprint density at radius 2 is 1.01 bits per heavy atom. The van der Waals surface area contributed by atoms with Gasteiger partial charge < -0.3 is 64.5 Å². The van der Waals surface area contributed by atoms with E-state index < -0.39 is 0 Å². The van der Waals surface area contributed by atoms with Gasteiger partial charge >= 0.3 is 0 Å². The normalized spacial score (nSPS) is 19.3. The van der Waals surface area contributed by atoms with Crippen molar-refractivity contribution in [1.82, 2.24) is 75.5 Å². The van der Waals surface area contributed by atoms with E-state index in [1.54, 1.807) is 52.8 Å². The smallest absolute Gasteiger partial charge is 0.255 e. The van der Waals surface area contributed by atoms with Crippen LogP contribution in [-0.4, -0.2) is 185 Å². The van der Waals surface area contributed by atoms with Crippen molar-refractivity contribution in [2.75, 3.05) is 66.1 Å². The summed E-state index contributed by atoms with van der Waals surface area (Å²) in [5, 5.41) is 8.37. The molecule has 9 heterocycles. The Balaban J connectivity index is 0.000000174. The van der Waals surface area contributed by atoms with Gasteiger partial charge in [-0.2, -0.15) is 0 Å². The van der Waals surface area contributed by atoms with Crippen molar-refractivity contribution in [3.05, 3.63) is 91.8 Å². The van der Waals surface area contributed by atoms with Gasteiger partial charge in [-0.05, 0) is 51.8 Å².